The van der Waals surface area contributed by atoms with Crippen LogP contribution in [0.25, 0.3) is 0 Å². The number of carbonyl (C=O) groups excluding carboxylic acids is 2. The van der Waals surface area contributed by atoms with Crippen LogP contribution < -0.4 is 5.32 Å². The Labute approximate surface area is 128 Å². The minimum atomic E-state index is -0.827. The predicted molar refractivity (Wildman–Crippen MR) is 82.6 cm³/mol. The average Bonchev–Trinajstić information content (AvgIpc) is 2.26. The highest BCUT2D eigenvalue weighted by Crippen LogP contribution is 2.30. The predicted octanol–water partition coefficient (Wildman–Crippen LogP) is 1.40. The van der Waals surface area contributed by atoms with Gasteiger partial charge in [-0.25, -0.2) is 0 Å². The average molecular weight is 298 g/mol. The Hall–Kier alpha value is -1.10. The molecule has 0 aromatic rings. The Morgan fingerprint density at radius 2 is 1.71 bits per heavy atom. The summed E-state index contributed by atoms with van der Waals surface area (Å²) in [4.78, 5) is 25.9. The third kappa shape index (κ3) is 5.30. The molecule has 0 bridgehead atoms. The molecule has 0 aromatic heterocycles. The van der Waals surface area contributed by atoms with Crippen molar-refractivity contribution < 1.29 is 14.7 Å². The minimum Gasteiger partial charge on any atom is -0.394 e. The zero-order valence-corrected chi connectivity index (χ0v) is 14.2. The Balaban J connectivity index is 2.49. The molecule has 1 aliphatic heterocycles. The molecule has 122 valence electrons. The molecular weight excluding hydrogens is 268 g/mol. The summed E-state index contributed by atoms with van der Waals surface area (Å²) in [7, 11) is 0. The number of carbonyl (C=O) groups is 2. The molecule has 5 heteroatoms. The van der Waals surface area contributed by atoms with Crippen molar-refractivity contribution in [1.29, 1.82) is 0 Å². The third-order valence-electron chi connectivity index (χ3n) is 3.64. The summed E-state index contributed by atoms with van der Waals surface area (Å²) in [5, 5.41) is 12.0. The maximum atomic E-state index is 12.3. The maximum absolute atomic E-state index is 12.3. The van der Waals surface area contributed by atoms with Crippen LogP contribution in [0.15, 0.2) is 0 Å². The van der Waals surface area contributed by atoms with Crippen LogP contribution in [0.3, 0.4) is 0 Å². The molecule has 2 amide bonds. The summed E-state index contributed by atoms with van der Waals surface area (Å²) in [5.74, 6) is 0.119. The van der Waals surface area contributed by atoms with Crippen molar-refractivity contribution >= 4 is 11.8 Å². The first-order chi connectivity index (χ1) is 9.44. The van der Waals surface area contributed by atoms with Gasteiger partial charge in [-0.2, -0.15) is 0 Å². The fourth-order valence-electron chi connectivity index (χ4n) is 2.53. The molecule has 1 atom stereocenters. The molecule has 1 unspecified atom stereocenters. The van der Waals surface area contributed by atoms with Crippen LogP contribution in [-0.2, 0) is 9.59 Å². The van der Waals surface area contributed by atoms with Crippen molar-refractivity contribution in [3.05, 3.63) is 0 Å². The van der Waals surface area contributed by atoms with Crippen LogP contribution in [0.5, 0.6) is 0 Å². The van der Waals surface area contributed by atoms with Crippen molar-refractivity contribution in [1.82, 2.24) is 10.2 Å². The molecule has 0 aliphatic carbocycles. The number of likely N-dealkylation sites (tertiary alicyclic amines) is 1. The van der Waals surface area contributed by atoms with Crippen molar-refractivity contribution in [2.45, 2.75) is 54.0 Å². The number of nitrogens with one attached hydrogen (secondary N) is 1. The summed E-state index contributed by atoms with van der Waals surface area (Å²) in [6.45, 7) is 13.0. The molecule has 1 aliphatic rings. The first-order valence-corrected chi connectivity index (χ1v) is 7.64. The van der Waals surface area contributed by atoms with Gasteiger partial charge in [0.05, 0.1) is 6.61 Å². The van der Waals surface area contributed by atoms with Crippen LogP contribution >= 0.6 is 0 Å². The number of aliphatic hydroxyl groups is 1. The molecule has 1 rings (SSSR count). The van der Waals surface area contributed by atoms with E-state index >= 15 is 0 Å². The zero-order valence-electron chi connectivity index (χ0n) is 14.2. The monoisotopic (exact) mass is 298 g/mol. The number of hydrogen-bond acceptors (Lipinski definition) is 3. The molecular formula is C16H30N2O3. The summed E-state index contributed by atoms with van der Waals surface area (Å²) >= 11 is 0. The van der Waals surface area contributed by atoms with E-state index in [4.69, 9.17) is 0 Å². The summed E-state index contributed by atoms with van der Waals surface area (Å²) in [6, 6.07) is -0.827. The van der Waals surface area contributed by atoms with E-state index in [0.717, 1.165) is 19.5 Å². The van der Waals surface area contributed by atoms with Gasteiger partial charge in [0.15, 0.2) is 0 Å². The Morgan fingerprint density at radius 1 is 1.19 bits per heavy atom. The second kappa shape index (κ2) is 6.34. The van der Waals surface area contributed by atoms with E-state index < -0.39 is 11.5 Å². The minimum absolute atomic E-state index is 0.180. The maximum Gasteiger partial charge on any atom is 0.247 e. The van der Waals surface area contributed by atoms with E-state index in [9.17, 15) is 14.7 Å². The van der Waals surface area contributed by atoms with Crippen molar-refractivity contribution in [3.8, 4) is 0 Å². The van der Waals surface area contributed by atoms with Crippen LogP contribution in [-0.4, -0.2) is 47.6 Å². The molecule has 1 saturated heterocycles. The van der Waals surface area contributed by atoms with Gasteiger partial charge in [0.25, 0.3) is 0 Å². The topological polar surface area (TPSA) is 69.6 Å². The highest BCUT2D eigenvalue weighted by Gasteiger charge is 2.37. The standard InChI is InChI=1S/C16H30N2O3/c1-15(2,3)7-11-8-18(9-11)13(20)12(10-19)17-14(21)16(4,5)6/h11-12,19H,7-10H2,1-6H3,(H,17,21). The number of amides is 2. The zero-order chi connectivity index (χ0) is 16.4. The van der Waals surface area contributed by atoms with Crippen LogP contribution in [0.1, 0.15) is 48.0 Å². The number of nitrogens with zero attached hydrogens (tertiary/aromatic N) is 1. The molecule has 2 N–H and O–H groups in total. The lowest BCUT2D eigenvalue weighted by atomic mass is 9.81. The van der Waals surface area contributed by atoms with E-state index in [0.29, 0.717) is 5.92 Å². The molecule has 1 fully saturated rings. The van der Waals surface area contributed by atoms with Crippen LogP contribution in [0, 0.1) is 16.7 Å². The van der Waals surface area contributed by atoms with E-state index in [2.05, 4.69) is 26.1 Å². The fraction of sp³-hybridized carbons (Fsp3) is 0.875. The van der Waals surface area contributed by atoms with Gasteiger partial charge in [0.2, 0.25) is 11.8 Å². The SMILES string of the molecule is CC(C)(C)CC1CN(C(=O)C(CO)NC(=O)C(C)(C)C)C1. The van der Waals surface area contributed by atoms with Crippen molar-refractivity contribution in [3.63, 3.8) is 0 Å². The van der Waals surface area contributed by atoms with Gasteiger partial charge in [-0.15, -0.1) is 0 Å². The fourth-order valence-corrected chi connectivity index (χ4v) is 2.53. The quantitative estimate of drug-likeness (QED) is 0.824. The Morgan fingerprint density at radius 3 is 2.10 bits per heavy atom. The van der Waals surface area contributed by atoms with Gasteiger partial charge in [-0.05, 0) is 17.8 Å². The highest BCUT2D eigenvalue weighted by atomic mass is 16.3. The number of hydrogen-bond donors (Lipinski definition) is 2. The second-order valence-electron chi connectivity index (χ2n) is 8.33. The van der Waals surface area contributed by atoms with Gasteiger partial charge >= 0.3 is 0 Å². The van der Waals surface area contributed by atoms with Gasteiger partial charge in [0.1, 0.15) is 6.04 Å². The van der Waals surface area contributed by atoms with Gasteiger partial charge in [0, 0.05) is 18.5 Å². The molecule has 0 aromatic carbocycles. The van der Waals surface area contributed by atoms with E-state index in [1.165, 1.54) is 0 Å². The summed E-state index contributed by atoms with van der Waals surface area (Å²) in [5.41, 5.74) is -0.311. The molecule has 1 heterocycles. The smallest absolute Gasteiger partial charge is 0.247 e. The first kappa shape index (κ1) is 18.0. The molecule has 0 radical (unpaired) electrons. The molecule has 0 spiro atoms. The second-order valence-corrected chi connectivity index (χ2v) is 8.33. The van der Waals surface area contributed by atoms with E-state index in [-0.39, 0.29) is 23.8 Å². The number of aliphatic hydroxyl groups excluding tert-OH is 1. The van der Waals surface area contributed by atoms with E-state index in [1.807, 2.05) is 0 Å². The third-order valence-corrected chi connectivity index (χ3v) is 3.64. The lowest BCUT2D eigenvalue weighted by molar-refractivity contribution is -0.145. The van der Waals surface area contributed by atoms with Crippen molar-refractivity contribution in [2.75, 3.05) is 19.7 Å². The first-order valence-electron chi connectivity index (χ1n) is 7.64. The molecule has 0 saturated carbocycles. The lowest BCUT2D eigenvalue weighted by Gasteiger charge is -2.43. The van der Waals surface area contributed by atoms with Gasteiger partial charge < -0.3 is 15.3 Å². The molecule has 5 nitrogen and oxygen atoms in total. The van der Waals surface area contributed by atoms with Gasteiger partial charge in [-0.1, -0.05) is 41.5 Å². The molecule has 21 heavy (non-hydrogen) atoms. The summed E-state index contributed by atoms with van der Waals surface area (Å²) < 4.78 is 0. The summed E-state index contributed by atoms with van der Waals surface area (Å²) in [6.07, 6.45) is 1.08. The Kier molecular flexibility index (Phi) is 5.42. The number of rotatable bonds is 4. The van der Waals surface area contributed by atoms with Gasteiger partial charge in [-0.3, -0.25) is 9.59 Å². The van der Waals surface area contributed by atoms with E-state index in [1.54, 1.807) is 25.7 Å². The largest absolute Gasteiger partial charge is 0.394 e. The van der Waals surface area contributed by atoms with Crippen molar-refractivity contribution in [2.24, 2.45) is 16.7 Å². The van der Waals surface area contributed by atoms with Crippen LogP contribution in [0.2, 0.25) is 0 Å². The lowest BCUT2D eigenvalue weighted by Crippen LogP contribution is -2.59. The Bertz CT molecular complexity index is 387. The highest BCUT2D eigenvalue weighted by molar-refractivity contribution is 5.90. The normalized spacial score (nSPS) is 18.1. The van der Waals surface area contributed by atoms with Crippen LogP contribution in [0.4, 0.5) is 0 Å².